The van der Waals surface area contributed by atoms with E-state index in [-0.39, 0.29) is 0 Å². The quantitative estimate of drug-likeness (QED) is 0.608. The number of nitrogen functional groups attached to an aromatic ring is 1. The molecule has 0 bridgehead atoms. The molecule has 0 spiro atoms. The molecule has 0 unspecified atom stereocenters. The number of hydrazine groups is 1. The van der Waals surface area contributed by atoms with Crippen LogP contribution < -0.4 is 16.0 Å². The molecule has 0 aliphatic heterocycles. The lowest BCUT2D eigenvalue weighted by molar-refractivity contribution is 0.415. The lowest BCUT2D eigenvalue weighted by atomic mass is 10.2. The fourth-order valence-corrected chi connectivity index (χ4v) is 1.79. The largest absolute Gasteiger partial charge is 0.497 e. The molecule has 1 heterocycles. The van der Waals surface area contributed by atoms with Gasteiger partial charge in [0.2, 0.25) is 5.13 Å². The van der Waals surface area contributed by atoms with Crippen LogP contribution in [-0.4, -0.2) is 17.3 Å². The number of ether oxygens (including phenoxy) is 1. The summed E-state index contributed by atoms with van der Waals surface area (Å²) in [6, 6.07) is 7.62. The molecule has 1 aromatic carbocycles. The van der Waals surface area contributed by atoms with Crippen molar-refractivity contribution in [2.45, 2.75) is 0 Å². The Bertz CT molecular complexity index is 440. The van der Waals surface area contributed by atoms with Crippen LogP contribution in [0.2, 0.25) is 0 Å². The normalized spacial score (nSPS) is 10.0. The fourth-order valence-electron chi connectivity index (χ4n) is 1.13. The second-order valence-corrected chi connectivity index (χ2v) is 3.76. The number of anilines is 1. The standard InChI is InChI=1S/C9H10N4OS/c1-14-7-4-2-6(3-5-7)8-12-13-9(11-10)15-8/h2-5H,10H2,1H3,(H,11,13). The second-order valence-electron chi connectivity index (χ2n) is 2.79. The molecule has 5 nitrogen and oxygen atoms in total. The molecule has 0 amide bonds. The third-order valence-corrected chi connectivity index (χ3v) is 2.79. The van der Waals surface area contributed by atoms with Crippen LogP contribution in [-0.2, 0) is 0 Å². The molecule has 2 aromatic rings. The molecule has 3 N–H and O–H groups in total. The zero-order chi connectivity index (χ0) is 10.7. The minimum absolute atomic E-state index is 0.598. The van der Waals surface area contributed by atoms with Crippen molar-refractivity contribution in [2.24, 2.45) is 5.84 Å². The van der Waals surface area contributed by atoms with E-state index in [1.54, 1.807) is 7.11 Å². The molecule has 0 radical (unpaired) electrons. The maximum atomic E-state index is 5.22. The van der Waals surface area contributed by atoms with Crippen molar-refractivity contribution >= 4 is 16.5 Å². The summed E-state index contributed by atoms with van der Waals surface area (Å²) >= 11 is 1.40. The summed E-state index contributed by atoms with van der Waals surface area (Å²) in [5, 5.41) is 9.28. The number of hydrogen-bond donors (Lipinski definition) is 2. The molecule has 0 saturated carbocycles. The minimum atomic E-state index is 0.598. The summed E-state index contributed by atoms with van der Waals surface area (Å²) < 4.78 is 5.07. The van der Waals surface area contributed by atoms with Gasteiger partial charge in [0.15, 0.2) is 0 Å². The van der Waals surface area contributed by atoms with Crippen LogP contribution in [0.5, 0.6) is 5.75 Å². The first-order chi connectivity index (χ1) is 7.33. The highest BCUT2D eigenvalue weighted by Crippen LogP contribution is 2.26. The van der Waals surface area contributed by atoms with Crippen LogP contribution in [0.25, 0.3) is 10.6 Å². The first-order valence-electron chi connectivity index (χ1n) is 4.28. The summed E-state index contributed by atoms with van der Waals surface area (Å²) in [5.74, 6) is 6.04. The fraction of sp³-hybridized carbons (Fsp3) is 0.111. The number of rotatable bonds is 3. The van der Waals surface area contributed by atoms with Gasteiger partial charge in [-0.1, -0.05) is 11.3 Å². The van der Waals surface area contributed by atoms with Crippen LogP contribution in [0.1, 0.15) is 0 Å². The van der Waals surface area contributed by atoms with Crippen molar-refractivity contribution in [3.63, 3.8) is 0 Å². The Balaban J connectivity index is 2.28. The third-order valence-electron chi connectivity index (χ3n) is 1.89. The van der Waals surface area contributed by atoms with Crippen molar-refractivity contribution in [1.29, 1.82) is 0 Å². The monoisotopic (exact) mass is 222 g/mol. The van der Waals surface area contributed by atoms with Crippen LogP contribution >= 0.6 is 11.3 Å². The van der Waals surface area contributed by atoms with Crippen molar-refractivity contribution in [3.8, 4) is 16.3 Å². The predicted octanol–water partition coefficient (Wildman–Crippen LogP) is 1.50. The Kier molecular flexibility index (Phi) is 2.79. The average molecular weight is 222 g/mol. The number of methoxy groups -OCH3 is 1. The van der Waals surface area contributed by atoms with Gasteiger partial charge < -0.3 is 4.74 Å². The summed E-state index contributed by atoms with van der Waals surface area (Å²) in [6.07, 6.45) is 0. The highest BCUT2D eigenvalue weighted by molar-refractivity contribution is 7.18. The van der Waals surface area contributed by atoms with Gasteiger partial charge in [0.05, 0.1) is 7.11 Å². The van der Waals surface area contributed by atoms with E-state index >= 15 is 0 Å². The van der Waals surface area contributed by atoms with Crippen LogP contribution in [0.15, 0.2) is 24.3 Å². The van der Waals surface area contributed by atoms with Gasteiger partial charge in [-0.05, 0) is 24.3 Å². The van der Waals surface area contributed by atoms with E-state index in [2.05, 4.69) is 15.6 Å². The van der Waals surface area contributed by atoms with E-state index < -0.39 is 0 Å². The van der Waals surface area contributed by atoms with Gasteiger partial charge in [-0.25, -0.2) is 5.84 Å². The van der Waals surface area contributed by atoms with Crippen LogP contribution in [0.3, 0.4) is 0 Å². The second kappa shape index (κ2) is 4.24. The summed E-state index contributed by atoms with van der Waals surface area (Å²) in [4.78, 5) is 0. The molecule has 0 saturated heterocycles. The van der Waals surface area contributed by atoms with E-state index in [9.17, 15) is 0 Å². The Morgan fingerprint density at radius 3 is 2.53 bits per heavy atom. The molecule has 0 atom stereocenters. The zero-order valence-electron chi connectivity index (χ0n) is 8.10. The molecule has 0 aliphatic rings. The average Bonchev–Trinajstić information content (AvgIpc) is 2.78. The van der Waals surface area contributed by atoms with E-state index in [4.69, 9.17) is 10.6 Å². The topological polar surface area (TPSA) is 73.1 Å². The summed E-state index contributed by atoms with van der Waals surface area (Å²) in [5.41, 5.74) is 3.46. The van der Waals surface area contributed by atoms with Gasteiger partial charge in [-0.2, -0.15) is 0 Å². The number of nitrogens with two attached hydrogens (primary N) is 1. The Hall–Kier alpha value is -1.66. The van der Waals surface area contributed by atoms with Gasteiger partial charge in [0, 0.05) is 5.56 Å². The van der Waals surface area contributed by atoms with Crippen molar-refractivity contribution in [2.75, 3.05) is 12.5 Å². The molecule has 2 rings (SSSR count). The van der Waals surface area contributed by atoms with E-state index in [0.717, 1.165) is 16.3 Å². The highest BCUT2D eigenvalue weighted by atomic mass is 32.1. The predicted molar refractivity (Wildman–Crippen MR) is 59.7 cm³/mol. The smallest absolute Gasteiger partial charge is 0.220 e. The summed E-state index contributed by atoms with van der Waals surface area (Å²) in [7, 11) is 1.64. The number of aromatic nitrogens is 2. The van der Waals surface area contributed by atoms with Gasteiger partial charge in [0.25, 0.3) is 0 Å². The molecule has 0 aliphatic carbocycles. The maximum absolute atomic E-state index is 5.22. The zero-order valence-corrected chi connectivity index (χ0v) is 8.91. The molecule has 0 fully saturated rings. The van der Waals surface area contributed by atoms with Crippen molar-refractivity contribution < 1.29 is 4.74 Å². The Labute approximate surface area is 90.9 Å². The number of benzene rings is 1. The maximum Gasteiger partial charge on any atom is 0.220 e. The van der Waals surface area contributed by atoms with Crippen molar-refractivity contribution in [3.05, 3.63) is 24.3 Å². The Morgan fingerprint density at radius 1 is 1.27 bits per heavy atom. The molecule has 15 heavy (non-hydrogen) atoms. The first-order valence-corrected chi connectivity index (χ1v) is 5.09. The van der Waals surface area contributed by atoms with Gasteiger partial charge in [-0.15, -0.1) is 10.2 Å². The minimum Gasteiger partial charge on any atom is -0.497 e. The van der Waals surface area contributed by atoms with Gasteiger partial charge in [-0.3, -0.25) is 5.43 Å². The van der Waals surface area contributed by atoms with E-state index in [0.29, 0.717) is 5.13 Å². The first kappa shape index (κ1) is 9.88. The molecular formula is C9H10N4OS. The lowest BCUT2D eigenvalue weighted by Gasteiger charge is -1.99. The number of nitrogens with zero attached hydrogens (tertiary/aromatic N) is 2. The van der Waals surface area contributed by atoms with E-state index in [1.807, 2.05) is 24.3 Å². The van der Waals surface area contributed by atoms with Gasteiger partial charge >= 0.3 is 0 Å². The highest BCUT2D eigenvalue weighted by Gasteiger charge is 2.05. The molecular weight excluding hydrogens is 212 g/mol. The molecule has 6 heteroatoms. The number of hydrogen-bond acceptors (Lipinski definition) is 6. The van der Waals surface area contributed by atoms with Crippen LogP contribution in [0, 0.1) is 0 Å². The third kappa shape index (κ3) is 2.05. The molecule has 78 valence electrons. The number of nitrogens with one attached hydrogen (secondary N) is 1. The molecule has 1 aromatic heterocycles. The lowest BCUT2D eigenvalue weighted by Crippen LogP contribution is -2.05. The van der Waals surface area contributed by atoms with Gasteiger partial charge in [0.1, 0.15) is 10.8 Å². The van der Waals surface area contributed by atoms with Crippen LogP contribution in [0.4, 0.5) is 5.13 Å². The van der Waals surface area contributed by atoms with E-state index in [1.165, 1.54) is 11.3 Å². The van der Waals surface area contributed by atoms with Crippen molar-refractivity contribution in [1.82, 2.24) is 10.2 Å². The summed E-state index contributed by atoms with van der Waals surface area (Å²) in [6.45, 7) is 0. The Morgan fingerprint density at radius 2 is 2.00 bits per heavy atom. The SMILES string of the molecule is COc1ccc(-c2nnc(NN)s2)cc1.